The lowest BCUT2D eigenvalue weighted by molar-refractivity contribution is -0.138. The first-order valence-electron chi connectivity index (χ1n) is 6.28. The number of carboxylic acid groups (broad SMARTS) is 1. The summed E-state index contributed by atoms with van der Waals surface area (Å²) in [6.45, 7) is 4.02. The molecule has 0 fully saturated rings. The standard InChI is InChI=1S/C12H15BrN4O2S/c1-3-4-8(6-10(18)19)17-12(14-15-16-17)9-5-7(2)11(13)20-9/h5,8H,3-4,6H2,1-2H3,(H,18,19). The molecule has 6 nitrogen and oxygen atoms in total. The number of aryl methyl sites for hydroxylation is 1. The van der Waals surface area contributed by atoms with Gasteiger partial charge in [-0.15, -0.1) is 16.4 Å². The summed E-state index contributed by atoms with van der Waals surface area (Å²) < 4.78 is 2.67. The summed E-state index contributed by atoms with van der Waals surface area (Å²) in [6.07, 6.45) is 1.64. The van der Waals surface area contributed by atoms with Crippen molar-refractivity contribution in [1.82, 2.24) is 20.2 Å². The predicted octanol–water partition coefficient (Wildman–Crippen LogP) is 3.29. The molecule has 2 heterocycles. The van der Waals surface area contributed by atoms with Crippen LogP contribution in [0.25, 0.3) is 10.7 Å². The van der Waals surface area contributed by atoms with Gasteiger partial charge < -0.3 is 5.11 Å². The Labute approximate surface area is 128 Å². The van der Waals surface area contributed by atoms with Crippen molar-refractivity contribution in [3.05, 3.63) is 15.4 Å². The predicted molar refractivity (Wildman–Crippen MR) is 79.8 cm³/mol. The lowest BCUT2D eigenvalue weighted by Gasteiger charge is -2.14. The van der Waals surface area contributed by atoms with E-state index in [1.807, 2.05) is 19.9 Å². The van der Waals surface area contributed by atoms with Crippen LogP contribution in [0, 0.1) is 6.92 Å². The highest BCUT2D eigenvalue weighted by Gasteiger charge is 2.22. The average molecular weight is 359 g/mol. The lowest BCUT2D eigenvalue weighted by Crippen LogP contribution is -2.16. The zero-order chi connectivity index (χ0) is 14.7. The molecular formula is C12H15BrN4O2S. The van der Waals surface area contributed by atoms with Crippen LogP contribution in [0.3, 0.4) is 0 Å². The summed E-state index contributed by atoms with van der Waals surface area (Å²) in [6, 6.07) is 1.78. The summed E-state index contributed by atoms with van der Waals surface area (Å²) in [5.41, 5.74) is 1.12. The summed E-state index contributed by atoms with van der Waals surface area (Å²) >= 11 is 5.03. The summed E-state index contributed by atoms with van der Waals surface area (Å²) in [5.74, 6) is -0.211. The van der Waals surface area contributed by atoms with Crippen LogP contribution in [0.4, 0.5) is 0 Å². The topological polar surface area (TPSA) is 80.9 Å². The molecule has 2 aromatic rings. The van der Waals surface area contributed by atoms with Crippen LogP contribution >= 0.6 is 27.3 Å². The van der Waals surface area contributed by atoms with Crippen molar-refractivity contribution in [2.45, 2.75) is 39.2 Å². The molecule has 8 heteroatoms. The fourth-order valence-corrected chi connectivity index (χ4v) is 3.53. The fraction of sp³-hybridized carbons (Fsp3) is 0.500. The molecule has 0 saturated carbocycles. The van der Waals surface area contributed by atoms with Crippen molar-refractivity contribution in [2.24, 2.45) is 0 Å². The minimum absolute atomic E-state index is 0.0252. The minimum Gasteiger partial charge on any atom is -0.481 e. The van der Waals surface area contributed by atoms with Gasteiger partial charge in [0.25, 0.3) is 0 Å². The number of tetrazole rings is 1. The van der Waals surface area contributed by atoms with E-state index in [0.717, 1.165) is 27.1 Å². The third kappa shape index (κ3) is 3.24. The molecule has 108 valence electrons. The number of thiophene rings is 1. The monoisotopic (exact) mass is 358 g/mol. The first-order valence-corrected chi connectivity index (χ1v) is 7.89. The quantitative estimate of drug-likeness (QED) is 0.856. The van der Waals surface area contributed by atoms with Gasteiger partial charge >= 0.3 is 5.97 Å². The van der Waals surface area contributed by atoms with Gasteiger partial charge in [0.1, 0.15) is 0 Å². The third-order valence-electron chi connectivity index (χ3n) is 2.95. The average Bonchev–Trinajstić information content (AvgIpc) is 2.96. The molecule has 0 aliphatic rings. The molecule has 0 aromatic carbocycles. The second kappa shape index (κ2) is 6.45. The van der Waals surface area contributed by atoms with Crippen molar-refractivity contribution < 1.29 is 9.90 Å². The molecule has 0 spiro atoms. The number of carbonyl (C=O) groups is 1. The Morgan fingerprint density at radius 2 is 2.35 bits per heavy atom. The van der Waals surface area contributed by atoms with Crippen molar-refractivity contribution in [1.29, 1.82) is 0 Å². The number of nitrogens with zero attached hydrogens (tertiary/aromatic N) is 4. The highest BCUT2D eigenvalue weighted by atomic mass is 79.9. The number of halogens is 1. The minimum atomic E-state index is -0.839. The van der Waals surface area contributed by atoms with E-state index in [-0.39, 0.29) is 12.5 Å². The number of rotatable bonds is 6. The molecule has 0 aliphatic heterocycles. The van der Waals surface area contributed by atoms with E-state index in [9.17, 15) is 4.79 Å². The summed E-state index contributed by atoms with van der Waals surface area (Å²) in [7, 11) is 0. The molecule has 0 aliphatic carbocycles. The van der Waals surface area contributed by atoms with Gasteiger partial charge in [0.05, 0.1) is 21.1 Å². The van der Waals surface area contributed by atoms with E-state index in [1.54, 1.807) is 16.0 Å². The molecule has 0 amide bonds. The van der Waals surface area contributed by atoms with Crippen LogP contribution in [-0.4, -0.2) is 31.3 Å². The molecule has 1 atom stereocenters. The maximum Gasteiger partial charge on any atom is 0.305 e. The Balaban J connectivity index is 2.37. The SMILES string of the molecule is CCCC(CC(=O)O)n1nnnc1-c1cc(C)c(Br)s1. The molecule has 1 unspecified atom stereocenters. The second-order valence-electron chi connectivity index (χ2n) is 4.55. The van der Waals surface area contributed by atoms with Crippen LogP contribution in [0.2, 0.25) is 0 Å². The van der Waals surface area contributed by atoms with Crippen LogP contribution < -0.4 is 0 Å². The smallest absolute Gasteiger partial charge is 0.305 e. The molecule has 2 aromatic heterocycles. The molecule has 0 radical (unpaired) electrons. The fourth-order valence-electron chi connectivity index (χ4n) is 2.02. The number of aliphatic carboxylic acids is 1. The van der Waals surface area contributed by atoms with E-state index >= 15 is 0 Å². The van der Waals surface area contributed by atoms with Gasteiger partial charge in [-0.1, -0.05) is 13.3 Å². The number of hydrogen-bond donors (Lipinski definition) is 1. The number of hydrogen-bond acceptors (Lipinski definition) is 5. The second-order valence-corrected chi connectivity index (χ2v) is 6.92. The van der Waals surface area contributed by atoms with Gasteiger partial charge in [0, 0.05) is 0 Å². The van der Waals surface area contributed by atoms with Gasteiger partial charge in [-0.3, -0.25) is 4.79 Å². The Hall–Kier alpha value is -1.28. The largest absolute Gasteiger partial charge is 0.481 e. The third-order valence-corrected chi connectivity index (χ3v) is 5.08. The molecule has 0 saturated heterocycles. The normalized spacial score (nSPS) is 12.6. The first-order chi connectivity index (χ1) is 9.52. The van der Waals surface area contributed by atoms with Crippen molar-refractivity contribution in [3.63, 3.8) is 0 Å². The van der Waals surface area contributed by atoms with Crippen LogP contribution in [0.15, 0.2) is 9.85 Å². The van der Waals surface area contributed by atoms with Crippen LogP contribution in [-0.2, 0) is 4.79 Å². The Morgan fingerprint density at radius 1 is 1.60 bits per heavy atom. The molecule has 20 heavy (non-hydrogen) atoms. The molecule has 1 N–H and O–H groups in total. The highest BCUT2D eigenvalue weighted by molar-refractivity contribution is 9.11. The first kappa shape index (κ1) is 15.1. The Morgan fingerprint density at radius 3 is 2.90 bits per heavy atom. The summed E-state index contributed by atoms with van der Waals surface area (Å²) in [4.78, 5) is 11.9. The van der Waals surface area contributed by atoms with Gasteiger partial charge in [-0.25, -0.2) is 4.68 Å². The molecule has 2 rings (SSSR count). The maximum atomic E-state index is 11.0. The molecule has 0 bridgehead atoms. The number of carboxylic acids is 1. The van der Waals surface area contributed by atoms with Gasteiger partial charge in [-0.2, -0.15) is 0 Å². The summed E-state index contributed by atoms with van der Waals surface area (Å²) in [5, 5.41) is 20.8. The zero-order valence-electron chi connectivity index (χ0n) is 11.2. The molecular weight excluding hydrogens is 344 g/mol. The van der Waals surface area contributed by atoms with E-state index in [4.69, 9.17) is 5.11 Å². The lowest BCUT2D eigenvalue weighted by atomic mass is 10.1. The van der Waals surface area contributed by atoms with Gasteiger partial charge in [0.2, 0.25) is 0 Å². The van der Waals surface area contributed by atoms with Crippen molar-refractivity contribution in [2.75, 3.05) is 0 Å². The highest BCUT2D eigenvalue weighted by Crippen LogP contribution is 2.34. The van der Waals surface area contributed by atoms with E-state index in [1.165, 1.54) is 0 Å². The Kier molecular flexibility index (Phi) is 4.87. The maximum absolute atomic E-state index is 11.0. The van der Waals surface area contributed by atoms with Crippen LogP contribution in [0.1, 0.15) is 37.8 Å². The van der Waals surface area contributed by atoms with Crippen LogP contribution in [0.5, 0.6) is 0 Å². The van der Waals surface area contributed by atoms with E-state index in [0.29, 0.717) is 5.82 Å². The Bertz CT molecular complexity index is 591. The number of aromatic nitrogens is 4. The van der Waals surface area contributed by atoms with E-state index < -0.39 is 5.97 Å². The van der Waals surface area contributed by atoms with Crippen molar-refractivity contribution >= 4 is 33.2 Å². The van der Waals surface area contributed by atoms with Gasteiger partial charge in [-0.05, 0) is 51.3 Å². The van der Waals surface area contributed by atoms with Crippen molar-refractivity contribution in [3.8, 4) is 10.7 Å². The zero-order valence-corrected chi connectivity index (χ0v) is 13.6. The van der Waals surface area contributed by atoms with E-state index in [2.05, 4.69) is 31.5 Å². The van der Waals surface area contributed by atoms with Gasteiger partial charge in [0.15, 0.2) is 5.82 Å².